The summed E-state index contributed by atoms with van der Waals surface area (Å²) in [5.74, 6) is -0.298. The summed E-state index contributed by atoms with van der Waals surface area (Å²) in [5, 5.41) is 14.4. The molecule has 1 N–H and O–H groups in total. The van der Waals surface area contributed by atoms with E-state index in [0.717, 1.165) is 22.4 Å². The predicted molar refractivity (Wildman–Crippen MR) is 171 cm³/mol. The van der Waals surface area contributed by atoms with Gasteiger partial charge in [0.25, 0.3) is 5.91 Å². The van der Waals surface area contributed by atoms with Crippen LogP contribution >= 0.6 is 35.6 Å². The molecule has 0 atom stereocenters. The molecule has 1 aliphatic rings. The van der Waals surface area contributed by atoms with Gasteiger partial charge in [0.15, 0.2) is 0 Å². The fourth-order valence-corrected chi connectivity index (χ4v) is 5.99. The van der Waals surface area contributed by atoms with Gasteiger partial charge in [0.05, 0.1) is 10.6 Å². The number of benzene rings is 3. The lowest BCUT2D eigenvalue weighted by Crippen LogP contribution is -2.29. The van der Waals surface area contributed by atoms with Crippen molar-refractivity contribution in [3.8, 4) is 22.7 Å². The number of ether oxygens (including phenoxy) is 1. The predicted octanol–water partition coefficient (Wildman–Crippen LogP) is 7.62. The molecule has 0 saturated carbocycles. The number of aliphatic carboxylic acids is 1. The van der Waals surface area contributed by atoms with E-state index in [1.807, 2.05) is 91.1 Å². The molecule has 1 aromatic heterocycles. The van der Waals surface area contributed by atoms with Crippen LogP contribution in [0.4, 0.5) is 0 Å². The monoisotopic (exact) mass is 617 g/mol. The molecular formula is C32H28ClN3O4S2. The van der Waals surface area contributed by atoms with Crippen molar-refractivity contribution in [3.05, 3.63) is 106 Å². The number of aromatic nitrogens is 2. The van der Waals surface area contributed by atoms with Crippen LogP contribution in [0.5, 0.6) is 5.75 Å². The first kappa shape index (κ1) is 29.6. The van der Waals surface area contributed by atoms with Crippen molar-refractivity contribution in [1.82, 2.24) is 14.7 Å². The fourth-order valence-electron chi connectivity index (χ4n) is 4.50. The van der Waals surface area contributed by atoms with Crippen LogP contribution in [0.1, 0.15) is 36.8 Å². The maximum Gasteiger partial charge on any atom is 0.303 e. The van der Waals surface area contributed by atoms with E-state index in [1.165, 1.54) is 11.8 Å². The molecule has 1 fully saturated rings. The molecular weight excluding hydrogens is 590 g/mol. The molecule has 0 radical (unpaired) electrons. The molecule has 0 spiro atoms. The second-order valence-corrected chi connectivity index (χ2v) is 11.7. The number of nitrogens with zero attached hydrogens (tertiary/aromatic N) is 3. The molecule has 3 aromatic carbocycles. The fraction of sp³-hybridized carbons (Fsp3) is 0.188. The minimum Gasteiger partial charge on any atom is -0.489 e. The van der Waals surface area contributed by atoms with Crippen molar-refractivity contribution in [2.75, 3.05) is 6.54 Å². The Bertz CT molecular complexity index is 1640. The number of hydrogen-bond donors (Lipinski definition) is 1. The lowest BCUT2D eigenvalue weighted by atomic mass is 10.1. The number of unbranched alkanes of at least 4 members (excludes halogenated alkanes) is 2. The summed E-state index contributed by atoms with van der Waals surface area (Å²) in [7, 11) is 0. The van der Waals surface area contributed by atoms with Gasteiger partial charge in [-0.3, -0.25) is 14.5 Å². The van der Waals surface area contributed by atoms with Gasteiger partial charge < -0.3 is 9.84 Å². The van der Waals surface area contributed by atoms with E-state index < -0.39 is 5.97 Å². The summed E-state index contributed by atoms with van der Waals surface area (Å²) >= 11 is 13.1. The van der Waals surface area contributed by atoms with E-state index in [1.54, 1.807) is 9.58 Å². The van der Waals surface area contributed by atoms with Crippen molar-refractivity contribution in [2.24, 2.45) is 0 Å². The van der Waals surface area contributed by atoms with Crippen LogP contribution < -0.4 is 4.74 Å². The van der Waals surface area contributed by atoms with Gasteiger partial charge in [-0.25, -0.2) is 4.68 Å². The number of hydrogen-bond acceptors (Lipinski definition) is 6. The van der Waals surface area contributed by atoms with E-state index in [2.05, 4.69) is 0 Å². The second-order valence-electron chi connectivity index (χ2n) is 9.66. The van der Waals surface area contributed by atoms with Crippen LogP contribution in [0, 0.1) is 0 Å². The second kappa shape index (κ2) is 13.8. The quantitative estimate of drug-likeness (QED) is 0.0994. The number of para-hydroxylation sites is 1. The van der Waals surface area contributed by atoms with Crippen molar-refractivity contribution in [2.45, 2.75) is 32.3 Å². The molecule has 214 valence electrons. The van der Waals surface area contributed by atoms with Gasteiger partial charge in [0, 0.05) is 40.9 Å². The van der Waals surface area contributed by atoms with E-state index in [-0.39, 0.29) is 12.3 Å². The molecule has 0 aliphatic carbocycles. The highest BCUT2D eigenvalue weighted by atomic mass is 35.5. The Hall–Kier alpha value is -3.92. The van der Waals surface area contributed by atoms with Crippen LogP contribution in [0.15, 0.2) is 90.0 Å². The van der Waals surface area contributed by atoms with Gasteiger partial charge in [-0.2, -0.15) is 5.10 Å². The van der Waals surface area contributed by atoms with E-state index in [9.17, 15) is 9.59 Å². The Morgan fingerprint density at radius 1 is 1.02 bits per heavy atom. The standard InChI is InChI=1S/C32H28ClN3O4S2/c33-27-15-7-6-10-23(27)21-40-26-14-9-11-22(18-26)30-24(20-36(34-30)25-12-3-1-4-13-25)19-28-31(39)35(32(41)42-28)17-8-2-5-16-29(37)38/h1,3-4,6-7,9-15,18-20H,2,5,8,16-17,21H2,(H,37,38)/b28-19-. The first-order valence-corrected chi connectivity index (χ1v) is 15.1. The van der Waals surface area contributed by atoms with Crippen LogP contribution in [-0.2, 0) is 16.2 Å². The van der Waals surface area contributed by atoms with Crippen molar-refractivity contribution >= 4 is 57.9 Å². The molecule has 5 rings (SSSR count). The maximum absolute atomic E-state index is 13.3. The Labute approximate surface area is 258 Å². The number of carbonyl (C=O) groups excluding carboxylic acids is 1. The van der Waals surface area contributed by atoms with Crippen molar-refractivity contribution < 1.29 is 19.4 Å². The molecule has 2 heterocycles. The Morgan fingerprint density at radius 3 is 2.60 bits per heavy atom. The van der Waals surface area contributed by atoms with Gasteiger partial charge in [-0.05, 0) is 49.2 Å². The number of halogens is 1. The van der Waals surface area contributed by atoms with Crippen molar-refractivity contribution in [1.29, 1.82) is 0 Å². The summed E-state index contributed by atoms with van der Waals surface area (Å²) in [6.45, 7) is 0.787. The van der Waals surface area contributed by atoms with Gasteiger partial charge in [0.2, 0.25) is 0 Å². The third-order valence-electron chi connectivity index (χ3n) is 6.66. The number of amides is 1. The average molecular weight is 618 g/mol. The molecule has 1 amide bonds. The number of carbonyl (C=O) groups is 2. The number of carboxylic acid groups (broad SMARTS) is 1. The molecule has 0 unspecified atom stereocenters. The van der Waals surface area contributed by atoms with Crippen molar-refractivity contribution in [3.63, 3.8) is 0 Å². The normalized spacial score (nSPS) is 14.1. The van der Waals surface area contributed by atoms with Gasteiger partial charge in [-0.1, -0.05) is 90.5 Å². The van der Waals surface area contributed by atoms with Gasteiger partial charge >= 0.3 is 5.97 Å². The van der Waals surface area contributed by atoms with Gasteiger partial charge in [0.1, 0.15) is 22.4 Å². The third-order valence-corrected chi connectivity index (χ3v) is 8.40. The Morgan fingerprint density at radius 2 is 1.81 bits per heavy atom. The smallest absolute Gasteiger partial charge is 0.303 e. The van der Waals surface area contributed by atoms with Crippen LogP contribution in [-0.4, -0.2) is 42.5 Å². The SMILES string of the molecule is O=C(O)CCCCCN1C(=O)/C(=C/c2cn(-c3ccccc3)nc2-c2cccc(OCc3ccccc3Cl)c2)SC1=S. The Balaban J connectivity index is 1.40. The van der Waals surface area contributed by atoms with E-state index in [0.29, 0.717) is 58.1 Å². The molecule has 1 saturated heterocycles. The number of carboxylic acids is 1. The number of rotatable bonds is 12. The van der Waals surface area contributed by atoms with Crippen LogP contribution in [0.3, 0.4) is 0 Å². The van der Waals surface area contributed by atoms with E-state index in [4.69, 9.17) is 38.8 Å². The largest absolute Gasteiger partial charge is 0.489 e. The first-order chi connectivity index (χ1) is 20.4. The summed E-state index contributed by atoms with van der Waals surface area (Å²) in [5.41, 5.74) is 4.08. The maximum atomic E-state index is 13.3. The zero-order chi connectivity index (χ0) is 29.5. The van der Waals surface area contributed by atoms with E-state index >= 15 is 0 Å². The highest BCUT2D eigenvalue weighted by Gasteiger charge is 2.32. The molecule has 4 aromatic rings. The average Bonchev–Trinajstić information content (AvgIpc) is 3.53. The van der Waals surface area contributed by atoms with Gasteiger partial charge in [-0.15, -0.1) is 0 Å². The summed E-state index contributed by atoms with van der Waals surface area (Å²) in [6, 6.07) is 25.0. The molecule has 10 heteroatoms. The minimum absolute atomic E-state index is 0.124. The first-order valence-electron chi connectivity index (χ1n) is 13.5. The summed E-state index contributed by atoms with van der Waals surface area (Å²) in [6.07, 6.45) is 5.83. The summed E-state index contributed by atoms with van der Waals surface area (Å²) in [4.78, 5) is 26.2. The van der Waals surface area contributed by atoms with Crippen LogP contribution in [0.2, 0.25) is 5.02 Å². The zero-order valence-corrected chi connectivity index (χ0v) is 25.0. The molecule has 0 bridgehead atoms. The highest BCUT2D eigenvalue weighted by Crippen LogP contribution is 2.36. The molecule has 7 nitrogen and oxygen atoms in total. The summed E-state index contributed by atoms with van der Waals surface area (Å²) < 4.78 is 8.35. The lowest BCUT2D eigenvalue weighted by Gasteiger charge is -2.13. The number of thioether (sulfide) groups is 1. The number of thiocarbonyl (C=S) groups is 1. The third kappa shape index (κ3) is 7.28. The molecule has 42 heavy (non-hydrogen) atoms. The minimum atomic E-state index is -0.812. The lowest BCUT2D eigenvalue weighted by molar-refractivity contribution is -0.137. The topological polar surface area (TPSA) is 84.7 Å². The molecule has 1 aliphatic heterocycles. The Kier molecular flexibility index (Phi) is 9.74. The van der Waals surface area contributed by atoms with Crippen LogP contribution in [0.25, 0.3) is 23.0 Å². The highest BCUT2D eigenvalue weighted by molar-refractivity contribution is 8.26. The zero-order valence-electron chi connectivity index (χ0n) is 22.6.